The van der Waals surface area contributed by atoms with Gasteiger partial charge >= 0.3 is 0 Å². The second kappa shape index (κ2) is 7.29. The third-order valence-corrected chi connectivity index (χ3v) is 6.05. The van der Waals surface area contributed by atoms with E-state index in [2.05, 4.69) is 11.8 Å². The van der Waals surface area contributed by atoms with Gasteiger partial charge in [0.15, 0.2) is 11.5 Å². The molecular formula is C22H28N2O4. The Morgan fingerprint density at radius 1 is 1.14 bits per heavy atom. The molecule has 2 amide bonds. The van der Waals surface area contributed by atoms with E-state index in [0.29, 0.717) is 24.8 Å². The van der Waals surface area contributed by atoms with E-state index in [-0.39, 0.29) is 29.5 Å². The van der Waals surface area contributed by atoms with Crippen LogP contribution < -0.4 is 0 Å². The molecule has 4 aliphatic rings. The maximum Gasteiger partial charge on any atom is 0.289 e. The first-order valence-corrected chi connectivity index (χ1v) is 10.3. The maximum absolute atomic E-state index is 13.1. The van der Waals surface area contributed by atoms with Gasteiger partial charge in [0.1, 0.15) is 5.60 Å². The number of amides is 2. The van der Waals surface area contributed by atoms with Gasteiger partial charge < -0.3 is 19.3 Å². The Kier molecular flexibility index (Phi) is 4.96. The molecule has 2 atom stereocenters. The van der Waals surface area contributed by atoms with Crippen LogP contribution in [0.3, 0.4) is 0 Å². The highest BCUT2D eigenvalue weighted by molar-refractivity contribution is 5.92. The summed E-state index contributed by atoms with van der Waals surface area (Å²) in [4.78, 5) is 29.7. The number of piperidine rings is 1. The molecule has 28 heavy (non-hydrogen) atoms. The van der Waals surface area contributed by atoms with E-state index in [4.69, 9.17) is 4.42 Å². The van der Waals surface area contributed by atoms with Gasteiger partial charge in [-0.25, -0.2) is 0 Å². The molecule has 1 N–H and O–H groups in total. The fourth-order valence-electron chi connectivity index (χ4n) is 4.30. The van der Waals surface area contributed by atoms with Gasteiger partial charge in [0, 0.05) is 31.6 Å². The van der Waals surface area contributed by atoms with Crippen molar-refractivity contribution in [2.75, 3.05) is 19.6 Å². The molecule has 3 aliphatic heterocycles. The van der Waals surface area contributed by atoms with Gasteiger partial charge in [-0.15, -0.1) is 0 Å². The Bertz CT molecular complexity index is 822. The standard InChI is InChI=1S/C22H28N2O4/c1-22(2,27)11-10-18-8-9-19(28-18)21(26)24-13-15-6-7-17(24)14-23(12-15)20(25)16-4-3-5-16/h8-9,15-17,27H,3-7,12-14H2,1-2H3/t15-,17+/m0/s1. The molecule has 6 nitrogen and oxygen atoms in total. The van der Waals surface area contributed by atoms with Crippen molar-refractivity contribution >= 4 is 11.8 Å². The normalized spacial score (nSPS) is 25.0. The Morgan fingerprint density at radius 2 is 1.93 bits per heavy atom. The van der Waals surface area contributed by atoms with Crippen LogP contribution in [0.4, 0.5) is 0 Å². The summed E-state index contributed by atoms with van der Waals surface area (Å²) in [7, 11) is 0. The number of fused-ring (bicyclic) bond motifs is 4. The van der Waals surface area contributed by atoms with Crippen LogP contribution >= 0.6 is 0 Å². The van der Waals surface area contributed by atoms with Crippen LogP contribution in [0.1, 0.15) is 62.3 Å². The Morgan fingerprint density at radius 3 is 2.61 bits per heavy atom. The van der Waals surface area contributed by atoms with Gasteiger partial charge in [0.25, 0.3) is 5.91 Å². The topological polar surface area (TPSA) is 74.0 Å². The van der Waals surface area contributed by atoms with Crippen molar-refractivity contribution in [1.29, 1.82) is 0 Å². The summed E-state index contributed by atoms with van der Waals surface area (Å²) in [5.74, 6) is 6.76. The SMILES string of the molecule is CC(C)(O)C#Cc1ccc(C(=O)N2C[C@H]3CC[C@@H]2CN(C(=O)C2CCC2)C3)o1. The van der Waals surface area contributed by atoms with Crippen LogP contribution in [-0.2, 0) is 4.79 Å². The minimum Gasteiger partial charge on any atom is -0.443 e. The average molecular weight is 384 g/mol. The summed E-state index contributed by atoms with van der Waals surface area (Å²) in [6.07, 6.45) is 5.15. The lowest BCUT2D eigenvalue weighted by Gasteiger charge is -2.35. The molecule has 1 saturated carbocycles. The van der Waals surface area contributed by atoms with Crippen molar-refractivity contribution in [2.45, 2.75) is 57.6 Å². The van der Waals surface area contributed by atoms with E-state index >= 15 is 0 Å². The van der Waals surface area contributed by atoms with Gasteiger partial charge in [0.2, 0.25) is 5.91 Å². The van der Waals surface area contributed by atoms with E-state index in [1.807, 2.05) is 9.80 Å². The quantitative estimate of drug-likeness (QED) is 0.794. The number of hydrogen-bond donors (Lipinski definition) is 1. The molecule has 6 heteroatoms. The van der Waals surface area contributed by atoms with Gasteiger partial charge in [0.05, 0.1) is 0 Å². The summed E-state index contributed by atoms with van der Waals surface area (Å²) in [6, 6.07) is 3.35. The summed E-state index contributed by atoms with van der Waals surface area (Å²) in [5.41, 5.74) is -1.11. The minimum absolute atomic E-state index is 0.0475. The zero-order valence-corrected chi connectivity index (χ0v) is 16.6. The number of carbonyl (C=O) groups is 2. The summed E-state index contributed by atoms with van der Waals surface area (Å²) >= 11 is 0. The number of hydrogen-bond acceptors (Lipinski definition) is 4. The fourth-order valence-corrected chi connectivity index (χ4v) is 4.30. The van der Waals surface area contributed by atoms with Crippen LogP contribution in [0.25, 0.3) is 0 Å². The number of nitrogens with zero attached hydrogens (tertiary/aromatic N) is 2. The molecule has 3 saturated heterocycles. The largest absolute Gasteiger partial charge is 0.443 e. The van der Waals surface area contributed by atoms with Crippen LogP contribution in [-0.4, -0.2) is 58.0 Å². The first-order valence-electron chi connectivity index (χ1n) is 10.3. The molecule has 0 spiro atoms. The van der Waals surface area contributed by atoms with E-state index in [1.165, 1.54) is 0 Å². The fraction of sp³-hybridized carbons (Fsp3) is 0.636. The molecule has 1 aliphatic carbocycles. The molecule has 0 radical (unpaired) electrons. The number of carbonyl (C=O) groups excluding carboxylic acids is 2. The van der Waals surface area contributed by atoms with Crippen molar-refractivity contribution in [2.24, 2.45) is 11.8 Å². The molecule has 5 rings (SSSR count). The van der Waals surface area contributed by atoms with Crippen LogP contribution in [0, 0.1) is 23.7 Å². The molecule has 2 bridgehead atoms. The molecular weight excluding hydrogens is 356 g/mol. The molecule has 4 fully saturated rings. The average Bonchev–Trinajstić information content (AvgIpc) is 2.87. The van der Waals surface area contributed by atoms with Crippen LogP contribution in [0.15, 0.2) is 16.5 Å². The molecule has 1 aromatic heterocycles. The Labute approximate surface area is 165 Å². The zero-order valence-electron chi connectivity index (χ0n) is 16.6. The Hall–Kier alpha value is -2.26. The lowest BCUT2D eigenvalue weighted by atomic mass is 9.84. The van der Waals surface area contributed by atoms with Gasteiger partial charge in [-0.1, -0.05) is 12.3 Å². The van der Waals surface area contributed by atoms with E-state index in [9.17, 15) is 14.7 Å². The lowest BCUT2D eigenvalue weighted by Crippen LogP contribution is -2.48. The molecule has 4 heterocycles. The van der Waals surface area contributed by atoms with Crippen molar-refractivity contribution in [3.63, 3.8) is 0 Å². The molecule has 150 valence electrons. The highest BCUT2D eigenvalue weighted by Gasteiger charge is 2.41. The van der Waals surface area contributed by atoms with Crippen LogP contribution in [0.2, 0.25) is 0 Å². The highest BCUT2D eigenvalue weighted by atomic mass is 16.4. The number of rotatable bonds is 2. The second-order valence-electron chi connectivity index (χ2n) is 8.90. The van der Waals surface area contributed by atoms with Crippen molar-refractivity contribution in [3.8, 4) is 11.8 Å². The summed E-state index contributed by atoms with van der Waals surface area (Å²) in [6.45, 7) is 5.25. The van der Waals surface area contributed by atoms with Crippen molar-refractivity contribution in [1.82, 2.24) is 9.80 Å². The van der Waals surface area contributed by atoms with Gasteiger partial charge in [-0.05, 0) is 63.5 Å². The first kappa shape index (κ1) is 19.1. The zero-order chi connectivity index (χ0) is 19.9. The lowest BCUT2D eigenvalue weighted by molar-refractivity contribution is -0.138. The van der Waals surface area contributed by atoms with E-state index in [0.717, 1.165) is 38.6 Å². The van der Waals surface area contributed by atoms with Crippen LogP contribution in [0.5, 0.6) is 0 Å². The van der Waals surface area contributed by atoms with E-state index < -0.39 is 5.60 Å². The Balaban J connectivity index is 1.47. The second-order valence-corrected chi connectivity index (χ2v) is 8.90. The van der Waals surface area contributed by atoms with Gasteiger partial charge in [-0.3, -0.25) is 9.59 Å². The molecule has 1 aromatic rings. The van der Waals surface area contributed by atoms with E-state index in [1.54, 1.807) is 26.0 Å². The summed E-state index contributed by atoms with van der Waals surface area (Å²) in [5, 5.41) is 9.71. The maximum atomic E-state index is 13.1. The summed E-state index contributed by atoms with van der Waals surface area (Å²) < 4.78 is 5.63. The highest BCUT2D eigenvalue weighted by Crippen LogP contribution is 2.33. The molecule has 0 unspecified atom stereocenters. The smallest absolute Gasteiger partial charge is 0.289 e. The number of furan rings is 1. The van der Waals surface area contributed by atoms with Gasteiger partial charge in [-0.2, -0.15) is 0 Å². The third kappa shape index (κ3) is 3.95. The number of aliphatic hydroxyl groups is 1. The third-order valence-electron chi connectivity index (χ3n) is 6.05. The first-order chi connectivity index (χ1) is 13.3. The van der Waals surface area contributed by atoms with Crippen molar-refractivity contribution < 1.29 is 19.1 Å². The predicted molar refractivity (Wildman–Crippen MR) is 103 cm³/mol. The minimum atomic E-state index is -1.11. The molecule has 0 aromatic carbocycles. The predicted octanol–water partition coefficient (Wildman–Crippen LogP) is 2.27. The van der Waals surface area contributed by atoms with Crippen molar-refractivity contribution in [3.05, 3.63) is 23.7 Å². The monoisotopic (exact) mass is 384 g/mol.